The van der Waals surface area contributed by atoms with Crippen molar-refractivity contribution in [3.8, 4) is 23.3 Å². The Labute approximate surface area is 269 Å². The Balaban J connectivity index is 1.46. The number of rotatable bonds is 17. The number of carbonyl (C=O) groups excluding carboxylic acids is 3. The van der Waals surface area contributed by atoms with Crippen LogP contribution in [-0.2, 0) is 14.3 Å². The summed E-state index contributed by atoms with van der Waals surface area (Å²) in [7, 11) is 0. The average molecular weight is 637 g/mol. The molecule has 7 nitrogen and oxygen atoms in total. The van der Waals surface area contributed by atoms with E-state index >= 15 is 0 Å². The van der Waals surface area contributed by atoms with Gasteiger partial charge in [-0.2, -0.15) is 0 Å². The lowest BCUT2D eigenvalue weighted by Crippen LogP contribution is -2.26. The van der Waals surface area contributed by atoms with Crippen LogP contribution >= 0.6 is 11.3 Å². The van der Waals surface area contributed by atoms with Gasteiger partial charge in [0.05, 0.1) is 23.7 Å². The van der Waals surface area contributed by atoms with Crippen molar-refractivity contribution in [2.24, 2.45) is 0 Å². The molecule has 1 unspecified atom stereocenters. The largest absolute Gasteiger partial charge is 0.491 e. The molecule has 0 aliphatic carbocycles. The fourth-order valence-electron chi connectivity index (χ4n) is 4.11. The van der Waals surface area contributed by atoms with Crippen LogP contribution in [0.15, 0.2) is 54.6 Å². The standard InChI is InChI=1S/C36H41FO7S/c1-4-6-8-9-10-11-12-24-41-32-21-16-28(25-31(32)37)35(39)44-29-17-13-27(14-18-29)15-19-30-20-22-33(45-30)36(40)43-26(3)34(38)42-23-7-5-2/h13-14,16-18,20-22,25-26H,4-12,23-24H2,1-3H3. The number of hydrogen-bond acceptors (Lipinski definition) is 8. The summed E-state index contributed by atoms with van der Waals surface area (Å²) >= 11 is 1.15. The molecule has 1 heterocycles. The molecule has 9 heteroatoms. The Morgan fingerprint density at radius 2 is 1.51 bits per heavy atom. The van der Waals surface area contributed by atoms with Gasteiger partial charge in [0.1, 0.15) is 10.6 Å². The van der Waals surface area contributed by atoms with Gasteiger partial charge < -0.3 is 18.9 Å². The first-order valence-electron chi connectivity index (χ1n) is 15.5. The van der Waals surface area contributed by atoms with Gasteiger partial charge in [-0.3, -0.25) is 0 Å². The highest BCUT2D eigenvalue weighted by atomic mass is 32.1. The summed E-state index contributed by atoms with van der Waals surface area (Å²) < 4.78 is 35.8. The van der Waals surface area contributed by atoms with Gasteiger partial charge in [-0.25, -0.2) is 18.8 Å². The smallest absolute Gasteiger partial charge is 0.349 e. The highest BCUT2D eigenvalue weighted by Crippen LogP contribution is 2.22. The molecule has 0 aliphatic heterocycles. The molecule has 3 rings (SSSR count). The maximum atomic E-state index is 14.5. The summed E-state index contributed by atoms with van der Waals surface area (Å²) in [4.78, 5) is 37.9. The molecular formula is C36H41FO7S. The molecule has 2 aromatic carbocycles. The van der Waals surface area contributed by atoms with Crippen LogP contribution in [0.3, 0.4) is 0 Å². The molecule has 0 fully saturated rings. The van der Waals surface area contributed by atoms with E-state index in [1.54, 1.807) is 36.4 Å². The van der Waals surface area contributed by atoms with Gasteiger partial charge in [-0.1, -0.05) is 70.6 Å². The van der Waals surface area contributed by atoms with Gasteiger partial charge in [0.25, 0.3) is 0 Å². The summed E-state index contributed by atoms with van der Waals surface area (Å²) in [5.74, 6) is 3.89. The molecule has 0 spiro atoms. The quantitative estimate of drug-likeness (QED) is 0.0635. The second-order valence-electron chi connectivity index (χ2n) is 10.5. The number of halogens is 1. The van der Waals surface area contributed by atoms with Crippen LogP contribution in [-0.4, -0.2) is 37.2 Å². The van der Waals surface area contributed by atoms with E-state index in [0.717, 1.165) is 49.5 Å². The van der Waals surface area contributed by atoms with E-state index in [-0.39, 0.29) is 17.1 Å². The molecular weight excluding hydrogens is 595 g/mol. The van der Waals surface area contributed by atoms with E-state index < -0.39 is 29.8 Å². The predicted molar refractivity (Wildman–Crippen MR) is 172 cm³/mol. The monoisotopic (exact) mass is 636 g/mol. The minimum Gasteiger partial charge on any atom is -0.491 e. The van der Waals surface area contributed by atoms with E-state index in [2.05, 4.69) is 18.8 Å². The Bertz CT molecular complexity index is 1450. The van der Waals surface area contributed by atoms with Gasteiger partial charge in [0, 0.05) is 5.56 Å². The van der Waals surface area contributed by atoms with Gasteiger partial charge in [-0.15, -0.1) is 11.3 Å². The fourth-order valence-corrected chi connectivity index (χ4v) is 4.85. The van der Waals surface area contributed by atoms with E-state index in [1.165, 1.54) is 44.7 Å². The number of thiophene rings is 1. The number of hydrogen-bond donors (Lipinski definition) is 0. The topological polar surface area (TPSA) is 88.1 Å². The van der Waals surface area contributed by atoms with E-state index in [9.17, 15) is 18.8 Å². The maximum absolute atomic E-state index is 14.5. The van der Waals surface area contributed by atoms with Crippen molar-refractivity contribution in [2.45, 2.75) is 84.7 Å². The van der Waals surface area contributed by atoms with Crippen molar-refractivity contribution in [1.82, 2.24) is 0 Å². The lowest BCUT2D eigenvalue weighted by Gasteiger charge is -2.11. The zero-order valence-electron chi connectivity index (χ0n) is 26.2. The normalized spacial score (nSPS) is 11.2. The Hall–Kier alpha value is -4.16. The number of unbranched alkanes of at least 4 members (excludes halogenated alkanes) is 7. The Kier molecular flexibility index (Phi) is 15.1. The zero-order chi connectivity index (χ0) is 32.4. The predicted octanol–water partition coefficient (Wildman–Crippen LogP) is 8.52. The molecule has 0 N–H and O–H groups in total. The highest BCUT2D eigenvalue weighted by Gasteiger charge is 2.21. The Morgan fingerprint density at radius 3 is 2.22 bits per heavy atom. The third-order valence-corrected chi connectivity index (χ3v) is 7.71. The molecule has 45 heavy (non-hydrogen) atoms. The van der Waals surface area contributed by atoms with E-state index in [0.29, 0.717) is 28.5 Å². The summed E-state index contributed by atoms with van der Waals surface area (Å²) in [6.45, 7) is 6.38. The second-order valence-corrected chi connectivity index (χ2v) is 11.6. The Morgan fingerprint density at radius 1 is 0.800 bits per heavy atom. The highest BCUT2D eigenvalue weighted by molar-refractivity contribution is 7.14. The molecule has 0 saturated heterocycles. The summed E-state index contributed by atoms with van der Waals surface area (Å²) in [5, 5.41) is 0. The number of esters is 3. The first kappa shape index (κ1) is 35.3. The molecule has 0 amide bonds. The summed E-state index contributed by atoms with van der Waals surface area (Å²) in [5.41, 5.74) is 0.735. The minimum atomic E-state index is -1.00. The van der Waals surface area contributed by atoms with Crippen molar-refractivity contribution < 1.29 is 37.7 Å². The summed E-state index contributed by atoms with van der Waals surface area (Å²) in [6.07, 6.45) is 8.64. The van der Waals surface area contributed by atoms with Gasteiger partial charge in [-0.05, 0) is 74.4 Å². The second kappa shape index (κ2) is 19.3. The minimum absolute atomic E-state index is 0.0782. The van der Waals surface area contributed by atoms with Crippen molar-refractivity contribution in [3.63, 3.8) is 0 Å². The van der Waals surface area contributed by atoms with E-state index in [4.69, 9.17) is 18.9 Å². The lowest BCUT2D eigenvalue weighted by molar-refractivity contribution is -0.153. The number of carbonyl (C=O) groups is 3. The molecule has 0 saturated carbocycles. The molecule has 1 aromatic heterocycles. The molecule has 1 atom stereocenters. The van der Waals surface area contributed by atoms with Crippen LogP contribution in [0.2, 0.25) is 0 Å². The molecule has 3 aromatic rings. The molecule has 240 valence electrons. The molecule has 0 bridgehead atoms. The third kappa shape index (κ3) is 12.4. The van der Waals surface area contributed by atoms with Gasteiger partial charge in [0.2, 0.25) is 0 Å². The van der Waals surface area contributed by atoms with Crippen LogP contribution in [0.25, 0.3) is 0 Å². The molecule has 0 aliphatic rings. The van der Waals surface area contributed by atoms with Gasteiger partial charge in [0.15, 0.2) is 17.7 Å². The van der Waals surface area contributed by atoms with Crippen LogP contribution in [0, 0.1) is 17.7 Å². The maximum Gasteiger partial charge on any atom is 0.349 e. The van der Waals surface area contributed by atoms with Crippen LogP contribution in [0.1, 0.15) is 109 Å². The lowest BCUT2D eigenvalue weighted by atomic mass is 10.1. The molecule has 0 radical (unpaired) electrons. The SMILES string of the molecule is CCCCCCCCCOc1ccc(C(=O)Oc2ccc(C#Cc3ccc(C(=O)OC(C)C(=O)OCCCC)s3)cc2)cc1F. The summed E-state index contributed by atoms with van der Waals surface area (Å²) in [6, 6.07) is 13.9. The van der Waals surface area contributed by atoms with Crippen LogP contribution < -0.4 is 9.47 Å². The van der Waals surface area contributed by atoms with Crippen molar-refractivity contribution in [2.75, 3.05) is 13.2 Å². The van der Waals surface area contributed by atoms with Gasteiger partial charge >= 0.3 is 17.9 Å². The zero-order valence-corrected chi connectivity index (χ0v) is 27.0. The van der Waals surface area contributed by atoms with E-state index in [1.807, 2.05) is 6.92 Å². The average Bonchev–Trinajstić information content (AvgIpc) is 3.52. The first-order chi connectivity index (χ1) is 21.8. The fraction of sp³-hybridized carbons (Fsp3) is 0.417. The first-order valence-corrected chi connectivity index (χ1v) is 16.4. The third-order valence-electron chi connectivity index (χ3n) is 6.73. The number of benzene rings is 2. The van der Waals surface area contributed by atoms with Crippen LogP contribution in [0.5, 0.6) is 11.5 Å². The van der Waals surface area contributed by atoms with Crippen molar-refractivity contribution in [3.05, 3.63) is 81.3 Å². The van der Waals surface area contributed by atoms with Crippen LogP contribution in [0.4, 0.5) is 4.39 Å². The number of ether oxygens (including phenoxy) is 4. The van der Waals surface area contributed by atoms with Crippen molar-refractivity contribution in [1.29, 1.82) is 0 Å². The van der Waals surface area contributed by atoms with Crippen molar-refractivity contribution >= 4 is 29.2 Å².